The minimum Gasteiger partial charge on any atom is -0.494 e. The zero-order valence-corrected chi connectivity index (χ0v) is 13.4. The maximum Gasteiger partial charge on any atom is 0.119 e. The molecule has 0 bridgehead atoms. The first kappa shape index (κ1) is 16.8. The van der Waals surface area contributed by atoms with Crippen molar-refractivity contribution in [2.24, 2.45) is 0 Å². The summed E-state index contributed by atoms with van der Waals surface area (Å²) >= 11 is 0. The molecule has 0 aromatic heterocycles. The molecule has 2 heteroatoms. The Morgan fingerprint density at radius 3 is 2.15 bits per heavy atom. The van der Waals surface area contributed by atoms with E-state index >= 15 is 0 Å². The smallest absolute Gasteiger partial charge is 0.119 e. The van der Waals surface area contributed by atoms with Crippen LogP contribution in [0.25, 0.3) is 6.08 Å². The molecule has 0 aliphatic carbocycles. The fraction of sp³-hybridized carbons (Fsp3) is 0.556. The Kier molecular flexibility index (Phi) is 7.38. The summed E-state index contributed by atoms with van der Waals surface area (Å²) in [5.74, 6) is 0.945. The molecule has 20 heavy (non-hydrogen) atoms. The Bertz CT molecular complexity index is 373. The highest BCUT2D eigenvalue weighted by atomic mass is 16.5. The second kappa shape index (κ2) is 8.80. The largest absolute Gasteiger partial charge is 0.494 e. The van der Waals surface area contributed by atoms with Crippen LogP contribution in [-0.4, -0.2) is 30.1 Å². The van der Waals surface area contributed by atoms with Crippen molar-refractivity contribution in [2.75, 3.05) is 13.2 Å². The van der Waals surface area contributed by atoms with Crippen molar-refractivity contribution in [1.82, 2.24) is 4.90 Å². The average molecular weight is 275 g/mol. The monoisotopic (exact) mass is 275 g/mol. The van der Waals surface area contributed by atoms with Crippen LogP contribution >= 0.6 is 0 Å². The molecule has 112 valence electrons. The van der Waals surface area contributed by atoms with Crippen LogP contribution in [0.2, 0.25) is 0 Å². The zero-order chi connectivity index (χ0) is 15.0. The van der Waals surface area contributed by atoms with Crippen molar-refractivity contribution in [1.29, 1.82) is 0 Å². The molecular formula is C18H29NO. The molecule has 0 saturated heterocycles. The summed E-state index contributed by atoms with van der Waals surface area (Å²) in [7, 11) is 0. The summed E-state index contributed by atoms with van der Waals surface area (Å²) in [4.78, 5) is 2.53. The second-order valence-corrected chi connectivity index (χ2v) is 5.75. The molecule has 0 saturated carbocycles. The molecule has 0 unspecified atom stereocenters. The standard InChI is InChI=1S/C18H29NO/c1-6-17-9-11-18(12-10-17)20-14-8-7-13-19(15(2)3)16(4)5/h6,9-12,15-16H,1,7-8,13-14H2,2-5H3. The fourth-order valence-corrected chi connectivity index (χ4v) is 2.40. The van der Waals surface area contributed by atoms with Gasteiger partial charge in [0.25, 0.3) is 0 Å². The third-order valence-electron chi connectivity index (χ3n) is 3.52. The van der Waals surface area contributed by atoms with Gasteiger partial charge in [0.1, 0.15) is 5.75 Å². The maximum atomic E-state index is 5.76. The third kappa shape index (κ3) is 5.79. The molecule has 0 fully saturated rings. The molecule has 0 aliphatic heterocycles. The Hall–Kier alpha value is -1.28. The molecule has 1 aromatic rings. The molecule has 0 N–H and O–H groups in total. The zero-order valence-electron chi connectivity index (χ0n) is 13.4. The van der Waals surface area contributed by atoms with E-state index < -0.39 is 0 Å². The van der Waals surface area contributed by atoms with Crippen molar-refractivity contribution in [3.8, 4) is 5.75 Å². The van der Waals surface area contributed by atoms with Gasteiger partial charge in [-0.25, -0.2) is 0 Å². The lowest BCUT2D eigenvalue weighted by Crippen LogP contribution is -2.37. The van der Waals surface area contributed by atoms with E-state index in [2.05, 4.69) is 39.2 Å². The van der Waals surface area contributed by atoms with Gasteiger partial charge in [-0.15, -0.1) is 0 Å². The van der Waals surface area contributed by atoms with Crippen molar-refractivity contribution in [3.63, 3.8) is 0 Å². The molecule has 0 heterocycles. The van der Waals surface area contributed by atoms with E-state index in [9.17, 15) is 0 Å². The predicted molar refractivity (Wildman–Crippen MR) is 88.2 cm³/mol. The van der Waals surface area contributed by atoms with E-state index in [1.807, 2.05) is 30.3 Å². The third-order valence-corrected chi connectivity index (χ3v) is 3.52. The molecule has 1 rings (SSSR count). The van der Waals surface area contributed by atoms with E-state index in [4.69, 9.17) is 4.74 Å². The van der Waals surface area contributed by atoms with Crippen molar-refractivity contribution >= 4 is 6.08 Å². The number of nitrogens with zero attached hydrogens (tertiary/aromatic N) is 1. The van der Waals surface area contributed by atoms with Gasteiger partial charge in [-0.2, -0.15) is 0 Å². The SMILES string of the molecule is C=Cc1ccc(OCCCCN(C(C)C)C(C)C)cc1. The minimum absolute atomic E-state index is 0.613. The summed E-state index contributed by atoms with van der Waals surface area (Å²) in [6.45, 7) is 14.7. The van der Waals surface area contributed by atoms with Crippen LogP contribution in [0.15, 0.2) is 30.8 Å². The topological polar surface area (TPSA) is 12.5 Å². The van der Waals surface area contributed by atoms with Gasteiger partial charge in [-0.05, 0) is 64.8 Å². The van der Waals surface area contributed by atoms with Crippen LogP contribution in [0.3, 0.4) is 0 Å². The van der Waals surface area contributed by atoms with Crippen LogP contribution in [0.1, 0.15) is 46.1 Å². The van der Waals surface area contributed by atoms with E-state index in [0.717, 1.165) is 30.9 Å². The number of hydrogen-bond donors (Lipinski definition) is 0. The maximum absolute atomic E-state index is 5.76. The van der Waals surface area contributed by atoms with Crippen LogP contribution in [0.5, 0.6) is 5.75 Å². The van der Waals surface area contributed by atoms with Gasteiger partial charge >= 0.3 is 0 Å². The average Bonchev–Trinajstić information content (AvgIpc) is 2.42. The van der Waals surface area contributed by atoms with Crippen LogP contribution in [0.4, 0.5) is 0 Å². The normalized spacial score (nSPS) is 11.3. The Morgan fingerprint density at radius 1 is 1.05 bits per heavy atom. The van der Waals surface area contributed by atoms with Gasteiger partial charge in [0, 0.05) is 12.1 Å². The highest BCUT2D eigenvalue weighted by molar-refractivity contribution is 5.48. The predicted octanol–water partition coefficient (Wildman–Crippen LogP) is 4.61. The Morgan fingerprint density at radius 2 is 1.65 bits per heavy atom. The van der Waals surface area contributed by atoms with E-state index in [1.165, 1.54) is 6.42 Å². The first-order valence-electron chi connectivity index (χ1n) is 7.65. The lowest BCUT2D eigenvalue weighted by molar-refractivity contribution is 0.167. The molecule has 0 spiro atoms. The molecule has 0 amide bonds. The van der Waals surface area contributed by atoms with Crippen LogP contribution < -0.4 is 4.74 Å². The Labute approximate surface area is 124 Å². The molecular weight excluding hydrogens is 246 g/mol. The van der Waals surface area contributed by atoms with E-state index in [0.29, 0.717) is 12.1 Å². The van der Waals surface area contributed by atoms with Gasteiger partial charge in [0.05, 0.1) is 6.61 Å². The van der Waals surface area contributed by atoms with Gasteiger partial charge < -0.3 is 4.74 Å². The summed E-state index contributed by atoms with van der Waals surface area (Å²) in [5.41, 5.74) is 1.13. The van der Waals surface area contributed by atoms with Gasteiger partial charge in [0.15, 0.2) is 0 Å². The van der Waals surface area contributed by atoms with Gasteiger partial charge in [-0.3, -0.25) is 4.90 Å². The number of benzene rings is 1. The number of rotatable bonds is 9. The summed E-state index contributed by atoms with van der Waals surface area (Å²) in [6, 6.07) is 9.30. The summed E-state index contributed by atoms with van der Waals surface area (Å²) in [6.07, 6.45) is 4.12. The molecule has 0 aliphatic rings. The first-order chi connectivity index (χ1) is 9.54. The number of unbranched alkanes of at least 4 members (excludes halogenated alkanes) is 1. The van der Waals surface area contributed by atoms with E-state index in [-0.39, 0.29) is 0 Å². The van der Waals surface area contributed by atoms with Crippen molar-refractivity contribution in [2.45, 2.75) is 52.6 Å². The fourth-order valence-electron chi connectivity index (χ4n) is 2.40. The molecule has 0 radical (unpaired) electrons. The summed E-state index contributed by atoms with van der Waals surface area (Å²) < 4.78 is 5.76. The van der Waals surface area contributed by atoms with Crippen molar-refractivity contribution < 1.29 is 4.74 Å². The summed E-state index contributed by atoms with van der Waals surface area (Å²) in [5, 5.41) is 0. The highest BCUT2D eigenvalue weighted by Crippen LogP contribution is 2.13. The molecule has 1 aromatic carbocycles. The lowest BCUT2D eigenvalue weighted by Gasteiger charge is -2.30. The van der Waals surface area contributed by atoms with Crippen LogP contribution in [0, 0.1) is 0 Å². The van der Waals surface area contributed by atoms with Gasteiger partial charge in [0.2, 0.25) is 0 Å². The quantitative estimate of drug-likeness (QED) is 0.610. The van der Waals surface area contributed by atoms with Crippen molar-refractivity contribution in [3.05, 3.63) is 36.4 Å². The number of ether oxygens (including phenoxy) is 1. The van der Waals surface area contributed by atoms with E-state index in [1.54, 1.807) is 0 Å². The second-order valence-electron chi connectivity index (χ2n) is 5.75. The Balaban J connectivity index is 2.22. The van der Waals surface area contributed by atoms with Gasteiger partial charge in [-0.1, -0.05) is 24.8 Å². The number of hydrogen-bond acceptors (Lipinski definition) is 2. The molecule has 2 nitrogen and oxygen atoms in total. The highest BCUT2D eigenvalue weighted by Gasteiger charge is 2.12. The minimum atomic E-state index is 0.613. The lowest BCUT2D eigenvalue weighted by atomic mass is 10.2. The first-order valence-corrected chi connectivity index (χ1v) is 7.65. The molecule has 0 atom stereocenters. The van der Waals surface area contributed by atoms with Crippen LogP contribution in [-0.2, 0) is 0 Å².